The van der Waals surface area contributed by atoms with Crippen molar-refractivity contribution in [1.82, 2.24) is 0 Å². The summed E-state index contributed by atoms with van der Waals surface area (Å²) in [4.78, 5) is 0. The molecular formula is C50H54O5. The Morgan fingerprint density at radius 2 is 0.745 bits per heavy atom. The van der Waals surface area contributed by atoms with E-state index in [2.05, 4.69) is 100 Å². The molecule has 0 saturated carbocycles. The molecular weight excluding hydrogens is 681 g/mol. The Morgan fingerprint density at radius 1 is 0.400 bits per heavy atom. The van der Waals surface area contributed by atoms with Crippen molar-refractivity contribution in [3.8, 4) is 34.5 Å². The van der Waals surface area contributed by atoms with Gasteiger partial charge in [-0.2, -0.15) is 0 Å². The molecule has 6 aromatic carbocycles. The van der Waals surface area contributed by atoms with E-state index in [0.717, 1.165) is 56.8 Å². The minimum absolute atomic E-state index is 0.278. The Hall–Kier alpha value is -5.52. The highest BCUT2D eigenvalue weighted by Gasteiger charge is 2.40. The van der Waals surface area contributed by atoms with Crippen LogP contribution in [0.25, 0.3) is 0 Å². The van der Waals surface area contributed by atoms with Crippen LogP contribution in [0.4, 0.5) is 0 Å². The van der Waals surface area contributed by atoms with E-state index in [4.69, 9.17) is 23.7 Å². The molecule has 0 heterocycles. The van der Waals surface area contributed by atoms with Crippen LogP contribution in [0.1, 0.15) is 63.8 Å². The topological polar surface area (TPSA) is 46.2 Å². The predicted molar refractivity (Wildman–Crippen MR) is 223 cm³/mol. The zero-order chi connectivity index (χ0) is 38.7. The van der Waals surface area contributed by atoms with Crippen LogP contribution in [0.2, 0.25) is 0 Å². The monoisotopic (exact) mass is 734 g/mol. The largest absolute Gasteiger partial charge is 0.494 e. The molecule has 0 radical (unpaired) electrons. The number of para-hydroxylation sites is 4. The highest BCUT2D eigenvalue weighted by Crippen LogP contribution is 2.41. The maximum Gasteiger partial charge on any atom is 0.130 e. The first kappa shape index (κ1) is 39.2. The van der Waals surface area contributed by atoms with E-state index in [0.29, 0.717) is 26.1 Å². The van der Waals surface area contributed by atoms with Crippen molar-refractivity contribution >= 4 is 0 Å². The number of hydrogen-bond acceptors (Lipinski definition) is 5. The van der Waals surface area contributed by atoms with Crippen LogP contribution in [0, 0.1) is 0 Å². The summed E-state index contributed by atoms with van der Waals surface area (Å²) in [6, 6.07) is 53.4. The lowest BCUT2D eigenvalue weighted by Gasteiger charge is -2.43. The van der Waals surface area contributed by atoms with Gasteiger partial charge in [0.2, 0.25) is 0 Å². The quantitative estimate of drug-likeness (QED) is 0.0880. The molecule has 2 atom stereocenters. The smallest absolute Gasteiger partial charge is 0.130 e. The molecule has 2 unspecified atom stereocenters. The molecule has 5 nitrogen and oxygen atoms in total. The van der Waals surface area contributed by atoms with E-state index < -0.39 is 10.8 Å². The van der Waals surface area contributed by atoms with Gasteiger partial charge in [-0.1, -0.05) is 125 Å². The Kier molecular flexibility index (Phi) is 13.0. The third-order valence-corrected chi connectivity index (χ3v) is 10.5. The molecule has 284 valence electrons. The molecule has 0 fully saturated rings. The highest BCUT2D eigenvalue weighted by atomic mass is 16.5. The molecule has 0 amide bonds. The van der Waals surface area contributed by atoms with Gasteiger partial charge in [0.1, 0.15) is 34.5 Å². The van der Waals surface area contributed by atoms with Crippen molar-refractivity contribution in [2.75, 3.05) is 13.2 Å². The highest BCUT2D eigenvalue weighted by molar-refractivity contribution is 5.42. The summed E-state index contributed by atoms with van der Waals surface area (Å²) < 4.78 is 32.4. The van der Waals surface area contributed by atoms with E-state index in [1.165, 1.54) is 0 Å². The Labute approximate surface area is 327 Å². The van der Waals surface area contributed by atoms with Crippen LogP contribution in [0.15, 0.2) is 158 Å². The molecule has 0 bridgehead atoms. The number of benzene rings is 6. The van der Waals surface area contributed by atoms with E-state index in [1.54, 1.807) is 0 Å². The van der Waals surface area contributed by atoms with Crippen molar-refractivity contribution in [3.05, 3.63) is 180 Å². The maximum atomic E-state index is 7.69. The van der Waals surface area contributed by atoms with Crippen LogP contribution in [0.3, 0.4) is 0 Å². The van der Waals surface area contributed by atoms with E-state index in [1.807, 2.05) is 98.8 Å². The second kappa shape index (κ2) is 18.2. The fourth-order valence-electron chi connectivity index (χ4n) is 6.99. The van der Waals surface area contributed by atoms with Gasteiger partial charge < -0.3 is 23.7 Å². The lowest BCUT2D eigenvalue weighted by atomic mass is 9.74. The van der Waals surface area contributed by atoms with Crippen LogP contribution in [0.5, 0.6) is 34.5 Å². The minimum Gasteiger partial charge on any atom is -0.494 e. The van der Waals surface area contributed by atoms with Gasteiger partial charge in [-0.25, -0.2) is 0 Å². The van der Waals surface area contributed by atoms with E-state index >= 15 is 0 Å². The van der Waals surface area contributed by atoms with Gasteiger partial charge >= 0.3 is 0 Å². The zero-order valence-electron chi connectivity index (χ0n) is 33.0. The SMILES string of the molecule is CCOc1ccc(C(C)(C)C(Cc2ccccc2Oc2ccccc2)OC(Cc2ccccc2Oc2ccccc2)C(C)(C)c2ccc(OCC)cc2)cc1. The Balaban J connectivity index is 1.43. The molecule has 0 spiro atoms. The fraction of sp³-hybridized carbons (Fsp3) is 0.280. The lowest BCUT2D eigenvalue weighted by Crippen LogP contribution is -2.46. The molecule has 0 aromatic heterocycles. The van der Waals surface area contributed by atoms with E-state index in [9.17, 15) is 0 Å². The summed E-state index contributed by atoms with van der Waals surface area (Å²) in [5.74, 6) is 4.92. The lowest BCUT2D eigenvalue weighted by molar-refractivity contribution is -0.0755. The first-order chi connectivity index (χ1) is 26.7. The summed E-state index contributed by atoms with van der Waals surface area (Å²) in [5, 5.41) is 0. The summed E-state index contributed by atoms with van der Waals surface area (Å²) in [6.45, 7) is 14.4. The standard InChI is InChI=1S/C50H54O5/c1-7-51-41-31-27-39(28-32-41)49(3,4)47(35-37-19-15-17-25-45(37)53-43-21-11-9-12-22-43)55-48(50(5,6)40-29-33-42(34-30-40)52-8-2)36-38-20-16-18-26-46(38)54-44-23-13-10-14-24-44/h9-34,47-48H,7-8,35-36H2,1-6H3. The molecule has 0 aliphatic rings. The number of hydrogen-bond donors (Lipinski definition) is 0. The molecule has 6 rings (SSSR count). The Morgan fingerprint density at radius 3 is 1.11 bits per heavy atom. The predicted octanol–water partition coefficient (Wildman–Crippen LogP) is 12.6. The summed E-state index contributed by atoms with van der Waals surface area (Å²) in [5.41, 5.74) is 3.60. The maximum absolute atomic E-state index is 7.69. The van der Waals surface area contributed by atoms with Gasteiger partial charge in [0.05, 0.1) is 25.4 Å². The number of rotatable bonds is 18. The number of ether oxygens (including phenoxy) is 5. The molecule has 6 aromatic rings. The Bertz CT molecular complexity index is 1900. The average molecular weight is 735 g/mol. The summed E-state index contributed by atoms with van der Waals surface area (Å²) in [6.07, 6.45) is 0.669. The first-order valence-electron chi connectivity index (χ1n) is 19.4. The molecule has 55 heavy (non-hydrogen) atoms. The molecule has 5 heteroatoms. The molecule has 0 aliphatic carbocycles. The second-order valence-electron chi connectivity index (χ2n) is 14.9. The van der Waals surface area contributed by atoms with Crippen LogP contribution in [-0.4, -0.2) is 25.4 Å². The summed E-state index contributed by atoms with van der Waals surface area (Å²) in [7, 11) is 0. The van der Waals surface area contributed by atoms with Gasteiger partial charge in [-0.15, -0.1) is 0 Å². The molecule has 0 saturated heterocycles. The average Bonchev–Trinajstić information content (AvgIpc) is 3.20. The van der Waals surface area contributed by atoms with Gasteiger partial charge in [-0.3, -0.25) is 0 Å². The fourth-order valence-corrected chi connectivity index (χ4v) is 6.99. The van der Waals surface area contributed by atoms with Gasteiger partial charge in [0.15, 0.2) is 0 Å². The van der Waals surface area contributed by atoms with Gasteiger partial charge in [0, 0.05) is 23.7 Å². The summed E-state index contributed by atoms with van der Waals surface area (Å²) >= 11 is 0. The van der Waals surface area contributed by atoms with Crippen LogP contribution in [-0.2, 0) is 28.4 Å². The normalized spacial score (nSPS) is 12.8. The van der Waals surface area contributed by atoms with Gasteiger partial charge in [0.25, 0.3) is 0 Å². The van der Waals surface area contributed by atoms with Crippen molar-refractivity contribution < 1.29 is 23.7 Å². The van der Waals surface area contributed by atoms with Crippen molar-refractivity contribution in [1.29, 1.82) is 0 Å². The van der Waals surface area contributed by atoms with Crippen molar-refractivity contribution in [2.45, 2.75) is 77.4 Å². The van der Waals surface area contributed by atoms with E-state index in [-0.39, 0.29) is 12.2 Å². The zero-order valence-corrected chi connectivity index (χ0v) is 33.0. The molecule has 0 aliphatic heterocycles. The van der Waals surface area contributed by atoms with Crippen molar-refractivity contribution in [2.24, 2.45) is 0 Å². The third kappa shape index (κ3) is 9.97. The van der Waals surface area contributed by atoms with Gasteiger partial charge in [-0.05, 0) is 96.8 Å². The minimum atomic E-state index is -0.433. The third-order valence-electron chi connectivity index (χ3n) is 10.5. The van der Waals surface area contributed by atoms with Crippen molar-refractivity contribution in [3.63, 3.8) is 0 Å². The van der Waals surface area contributed by atoms with Crippen LogP contribution >= 0.6 is 0 Å². The van der Waals surface area contributed by atoms with Crippen LogP contribution < -0.4 is 18.9 Å². The first-order valence-corrected chi connectivity index (χ1v) is 19.4. The molecule has 0 N–H and O–H groups in total. The second-order valence-corrected chi connectivity index (χ2v) is 14.9.